The van der Waals surface area contributed by atoms with Gasteiger partial charge in [0.1, 0.15) is 11.8 Å². The van der Waals surface area contributed by atoms with Crippen LogP contribution in [0, 0.1) is 6.92 Å². The van der Waals surface area contributed by atoms with Crippen LogP contribution in [0.4, 0.5) is 0 Å². The highest BCUT2D eigenvalue weighted by Crippen LogP contribution is 2.32. The van der Waals surface area contributed by atoms with Crippen molar-refractivity contribution >= 4 is 27.5 Å². The van der Waals surface area contributed by atoms with E-state index in [1.54, 1.807) is 23.4 Å². The van der Waals surface area contributed by atoms with E-state index in [0.717, 1.165) is 15.7 Å². The maximum absolute atomic E-state index is 13.1. The molecule has 3 aromatic rings. The maximum atomic E-state index is 13.1. The summed E-state index contributed by atoms with van der Waals surface area (Å²) in [5.41, 5.74) is 6.96. The highest BCUT2D eigenvalue weighted by molar-refractivity contribution is 9.10. The molecule has 130 valence electrons. The second-order valence-electron chi connectivity index (χ2n) is 6.20. The van der Waals surface area contributed by atoms with Gasteiger partial charge in [-0.05, 0) is 55.0 Å². The fourth-order valence-electron chi connectivity index (χ4n) is 2.94. The molecule has 0 spiro atoms. The first-order chi connectivity index (χ1) is 12.6. The fraction of sp³-hybridized carbons (Fsp3) is 0.0952. The molecule has 0 fully saturated rings. The summed E-state index contributed by atoms with van der Waals surface area (Å²) in [6.45, 7) is 2.05. The number of hydrogen-bond acceptors (Lipinski definition) is 3. The van der Waals surface area contributed by atoms with E-state index >= 15 is 0 Å². The van der Waals surface area contributed by atoms with Crippen LogP contribution in [0.2, 0.25) is 0 Å². The largest absolute Gasteiger partial charge is 0.467 e. The lowest BCUT2D eigenvalue weighted by atomic mass is 10.1. The van der Waals surface area contributed by atoms with Crippen LogP contribution in [0.3, 0.4) is 0 Å². The Kier molecular flexibility index (Phi) is 4.39. The zero-order chi connectivity index (χ0) is 18.1. The third-order valence-electron chi connectivity index (χ3n) is 4.35. The van der Waals surface area contributed by atoms with Crippen LogP contribution >= 0.6 is 15.9 Å². The lowest BCUT2D eigenvalue weighted by Gasteiger charge is -2.24. The van der Waals surface area contributed by atoms with E-state index in [0.29, 0.717) is 11.3 Å². The van der Waals surface area contributed by atoms with Crippen molar-refractivity contribution in [3.05, 3.63) is 99.9 Å². The number of amides is 1. The van der Waals surface area contributed by atoms with Gasteiger partial charge in [-0.15, -0.1) is 0 Å². The van der Waals surface area contributed by atoms with E-state index in [9.17, 15) is 4.79 Å². The predicted octanol–water partition coefficient (Wildman–Crippen LogP) is 5.09. The van der Waals surface area contributed by atoms with E-state index in [1.807, 2.05) is 42.5 Å². The maximum Gasteiger partial charge on any atom is 0.273 e. The van der Waals surface area contributed by atoms with Crippen molar-refractivity contribution in [3.8, 4) is 0 Å². The average molecular weight is 409 g/mol. The number of carbonyl (C=O) groups excluding carboxylic acids is 1. The van der Waals surface area contributed by atoms with E-state index in [1.165, 1.54) is 5.56 Å². The average Bonchev–Trinajstić information content (AvgIpc) is 3.32. The van der Waals surface area contributed by atoms with Crippen LogP contribution in [0.25, 0.3) is 5.70 Å². The minimum absolute atomic E-state index is 0.114. The minimum atomic E-state index is -0.308. The van der Waals surface area contributed by atoms with Crippen molar-refractivity contribution in [2.24, 2.45) is 0 Å². The Balaban J connectivity index is 1.68. The van der Waals surface area contributed by atoms with Gasteiger partial charge in [0.05, 0.1) is 12.0 Å². The number of benzene rings is 2. The smallest absolute Gasteiger partial charge is 0.273 e. The van der Waals surface area contributed by atoms with Crippen molar-refractivity contribution in [2.75, 3.05) is 0 Å². The molecule has 1 amide bonds. The molecule has 5 heteroatoms. The van der Waals surface area contributed by atoms with Crippen LogP contribution in [-0.2, 0) is 0 Å². The second-order valence-corrected chi connectivity index (χ2v) is 7.12. The molecule has 1 N–H and O–H groups in total. The first-order valence-corrected chi connectivity index (χ1v) is 9.09. The molecular weight excluding hydrogens is 392 g/mol. The number of hydrogen-bond donors (Lipinski definition) is 1. The normalized spacial score (nSPS) is 16.3. The molecule has 0 bridgehead atoms. The van der Waals surface area contributed by atoms with Crippen molar-refractivity contribution in [1.29, 1.82) is 0 Å². The minimum Gasteiger partial charge on any atom is -0.467 e. The number of rotatable bonds is 3. The summed E-state index contributed by atoms with van der Waals surface area (Å²) in [5.74, 6) is 0.599. The summed E-state index contributed by atoms with van der Waals surface area (Å²) in [4.78, 5) is 13.1. The topological polar surface area (TPSA) is 45.5 Å². The predicted molar refractivity (Wildman–Crippen MR) is 104 cm³/mol. The Bertz CT molecular complexity index is 945. The number of carbonyl (C=O) groups is 1. The van der Waals surface area contributed by atoms with E-state index in [4.69, 9.17) is 4.42 Å². The SMILES string of the molecule is Cc1ccc(C2=C[C@@H](c3ccco3)N(C(=O)c3ccc(Br)cc3)N2)cc1. The van der Waals surface area contributed by atoms with Crippen molar-refractivity contribution in [2.45, 2.75) is 13.0 Å². The van der Waals surface area contributed by atoms with Gasteiger partial charge in [0.25, 0.3) is 5.91 Å². The lowest BCUT2D eigenvalue weighted by Crippen LogP contribution is -2.39. The number of aryl methyl sites for hydroxylation is 1. The van der Waals surface area contributed by atoms with Crippen molar-refractivity contribution in [1.82, 2.24) is 10.4 Å². The van der Waals surface area contributed by atoms with Gasteiger partial charge < -0.3 is 4.42 Å². The Morgan fingerprint density at radius 3 is 2.46 bits per heavy atom. The molecule has 2 aromatic carbocycles. The number of furan rings is 1. The number of halogens is 1. The van der Waals surface area contributed by atoms with Gasteiger partial charge in [-0.1, -0.05) is 45.8 Å². The van der Waals surface area contributed by atoms with Crippen molar-refractivity contribution in [3.63, 3.8) is 0 Å². The summed E-state index contributed by atoms with van der Waals surface area (Å²) in [6.07, 6.45) is 3.63. The molecule has 0 saturated heterocycles. The van der Waals surface area contributed by atoms with Gasteiger partial charge in [-0.3, -0.25) is 10.2 Å². The Morgan fingerprint density at radius 2 is 1.81 bits per heavy atom. The Hall–Kier alpha value is -2.79. The summed E-state index contributed by atoms with van der Waals surface area (Å²) in [7, 11) is 0. The van der Waals surface area contributed by atoms with Crippen LogP contribution in [0.15, 0.2) is 81.9 Å². The number of hydrazine groups is 1. The molecule has 1 aromatic heterocycles. The van der Waals surface area contributed by atoms with Crippen LogP contribution in [0.5, 0.6) is 0 Å². The molecule has 1 aliphatic rings. The molecule has 4 rings (SSSR count). The lowest BCUT2D eigenvalue weighted by molar-refractivity contribution is 0.0655. The molecular formula is C21H17BrN2O2. The molecule has 0 saturated carbocycles. The van der Waals surface area contributed by atoms with Crippen LogP contribution in [0.1, 0.15) is 33.3 Å². The number of nitrogens with zero attached hydrogens (tertiary/aromatic N) is 1. The van der Waals surface area contributed by atoms with Crippen LogP contribution in [-0.4, -0.2) is 10.9 Å². The number of nitrogens with one attached hydrogen (secondary N) is 1. The Labute approximate surface area is 160 Å². The zero-order valence-electron chi connectivity index (χ0n) is 14.1. The highest BCUT2D eigenvalue weighted by atomic mass is 79.9. The van der Waals surface area contributed by atoms with Crippen LogP contribution < -0.4 is 5.43 Å². The van der Waals surface area contributed by atoms with Gasteiger partial charge in [-0.25, -0.2) is 5.01 Å². The monoisotopic (exact) mass is 408 g/mol. The molecule has 4 nitrogen and oxygen atoms in total. The van der Waals surface area contributed by atoms with Gasteiger partial charge in [-0.2, -0.15) is 0 Å². The molecule has 0 radical (unpaired) electrons. The summed E-state index contributed by atoms with van der Waals surface area (Å²) in [6, 6.07) is 18.9. The third-order valence-corrected chi connectivity index (χ3v) is 4.88. The summed E-state index contributed by atoms with van der Waals surface area (Å²) in [5, 5.41) is 1.61. The Morgan fingerprint density at radius 1 is 1.08 bits per heavy atom. The van der Waals surface area contributed by atoms with Gasteiger partial charge in [0.15, 0.2) is 0 Å². The molecule has 26 heavy (non-hydrogen) atoms. The first-order valence-electron chi connectivity index (χ1n) is 8.30. The highest BCUT2D eigenvalue weighted by Gasteiger charge is 2.33. The van der Waals surface area contributed by atoms with E-state index < -0.39 is 0 Å². The third kappa shape index (κ3) is 3.18. The van der Waals surface area contributed by atoms with Gasteiger partial charge in [0.2, 0.25) is 0 Å². The first kappa shape index (κ1) is 16.7. The molecule has 0 aliphatic carbocycles. The molecule has 1 atom stereocenters. The molecule has 1 aliphatic heterocycles. The standard InChI is InChI=1S/C21H17BrN2O2/c1-14-4-6-15(7-5-14)18-13-19(20-3-2-12-26-20)24(23-18)21(25)16-8-10-17(22)11-9-16/h2-13,19,23H,1H3/t19-/m0/s1. The quantitative estimate of drug-likeness (QED) is 0.655. The molecule has 2 heterocycles. The van der Waals surface area contributed by atoms with E-state index in [2.05, 4.69) is 40.4 Å². The second kappa shape index (κ2) is 6.84. The summed E-state index contributed by atoms with van der Waals surface area (Å²) >= 11 is 3.40. The fourth-order valence-corrected chi connectivity index (χ4v) is 3.20. The van der Waals surface area contributed by atoms with E-state index in [-0.39, 0.29) is 11.9 Å². The van der Waals surface area contributed by atoms with Crippen molar-refractivity contribution < 1.29 is 9.21 Å². The van der Waals surface area contributed by atoms with Gasteiger partial charge in [0, 0.05) is 10.0 Å². The molecule has 0 unspecified atom stereocenters. The summed E-state index contributed by atoms with van der Waals surface area (Å²) < 4.78 is 6.50. The zero-order valence-corrected chi connectivity index (χ0v) is 15.7. The van der Waals surface area contributed by atoms with Gasteiger partial charge >= 0.3 is 0 Å².